The number of nitrogens with one attached hydrogen (secondary N) is 2. The molecule has 2 aromatic carbocycles. The Balaban J connectivity index is 1.20. The van der Waals surface area contributed by atoms with Gasteiger partial charge in [-0.05, 0) is 55.5 Å². The van der Waals surface area contributed by atoms with Crippen molar-refractivity contribution in [2.45, 2.75) is 62.3 Å². The van der Waals surface area contributed by atoms with E-state index < -0.39 is 30.6 Å². The van der Waals surface area contributed by atoms with E-state index in [0.29, 0.717) is 43.4 Å². The smallest absolute Gasteiger partial charge is 0.236 e. The summed E-state index contributed by atoms with van der Waals surface area (Å²) in [6.07, 6.45) is 0.677. The van der Waals surface area contributed by atoms with Gasteiger partial charge in [0.1, 0.15) is 29.8 Å². The Bertz CT molecular complexity index is 1490. The minimum Gasteiger partial charge on any atom is -0.497 e. The van der Waals surface area contributed by atoms with Crippen LogP contribution in [-0.2, 0) is 16.0 Å². The van der Waals surface area contributed by atoms with Crippen LogP contribution < -0.4 is 26.8 Å². The maximum Gasteiger partial charge on any atom is 0.236 e. The Morgan fingerprint density at radius 3 is 2.58 bits per heavy atom. The molecule has 3 heterocycles. The monoisotopic (exact) mass is 590 g/mol. The van der Waals surface area contributed by atoms with Crippen LogP contribution in [0, 0.1) is 0 Å². The van der Waals surface area contributed by atoms with E-state index in [1.54, 1.807) is 11.7 Å². The van der Waals surface area contributed by atoms with Crippen molar-refractivity contribution in [1.29, 1.82) is 0 Å². The van der Waals surface area contributed by atoms with Gasteiger partial charge in [0, 0.05) is 18.3 Å². The third-order valence-corrected chi connectivity index (χ3v) is 7.69. The molecular weight excluding hydrogens is 552 g/mol. The van der Waals surface area contributed by atoms with Gasteiger partial charge < -0.3 is 41.8 Å². The number of ether oxygens (including phenoxy) is 2. The molecule has 1 aliphatic heterocycles. The summed E-state index contributed by atoms with van der Waals surface area (Å²) < 4.78 is 12.9. The zero-order valence-corrected chi connectivity index (χ0v) is 23.9. The standard InChI is InChI=1S/C30H38N8O5/c1-42-21-10-7-18(8-11-21)13-14-33-29(41)22(31)12-9-20(37-19-5-3-2-4-6-19)15-23-25(39)26(40)30(43-23)38-17-36-24-27(32)34-16-35-28(24)38/h2-8,10-11,16-17,20,22-23,25-26,30,37,39-40H,9,12-15,31H2,1H3,(H,33,41)(H2,32,34,35)/t20-,22-,23?,25?,26?,30?/m0/s1. The number of nitrogens with two attached hydrogens (primary N) is 2. The Hall–Kier alpha value is -4.30. The molecule has 1 saturated heterocycles. The van der Waals surface area contributed by atoms with Gasteiger partial charge in [-0.2, -0.15) is 0 Å². The highest BCUT2D eigenvalue weighted by Gasteiger charge is 2.45. The molecule has 5 rings (SSSR count). The number of hydrogen-bond donors (Lipinski definition) is 6. The Kier molecular flexibility index (Phi) is 9.67. The van der Waals surface area contributed by atoms with Gasteiger partial charge >= 0.3 is 0 Å². The summed E-state index contributed by atoms with van der Waals surface area (Å²) >= 11 is 0. The number of nitrogens with zero attached hydrogens (tertiary/aromatic N) is 4. The summed E-state index contributed by atoms with van der Waals surface area (Å²) in [5.41, 5.74) is 14.9. The number of anilines is 2. The molecule has 0 saturated carbocycles. The van der Waals surface area contributed by atoms with Crippen LogP contribution in [0.3, 0.4) is 0 Å². The highest BCUT2D eigenvalue weighted by Crippen LogP contribution is 2.34. The molecular formula is C30H38N8O5. The van der Waals surface area contributed by atoms with Crippen molar-refractivity contribution < 1.29 is 24.5 Å². The van der Waals surface area contributed by atoms with E-state index in [0.717, 1.165) is 17.0 Å². The molecule has 228 valence electrons. The minimum atomic E-state index is -1.23. The number of imidazole rings is 1. The van der Waals surface area contributed by atoms with Gasteiger partial charge in [-0.3, -0.25) is 9.36 Å². The highest BCUT2D eigenvalue weighted by molar-refractivity contribution is 5.81. The van der Waals surface area contributed by atoms with Crippen LogP contribution in [0.2, 0.25) is 0 Å². The zero-order valence-electron chi connectivity index (χ0n) is 23.9. The van der Waals surface area contributed by atoms with Crippen LogP contribution in [0.25, 0.3) is 11.2 Å². The van der Waals surface area contributed by atoms with Crippen molar-refractivity contribution in [3.63, 3.8) is 0 Å². The van der Waals surface area contributed by atoms with Gasteiger partial charge in [0.25, 0.3) is 0 Å². The molecule has 8 N–H and O–H groups in total. The van der Waals surface area contributed by atoms with Gasteiger partial charge in [0.05, 0.1) is 25.6 Å². The number of carbonyl (C=O) groups excluding carboxylic acids is 1. The number of aliphatic hydroxyl groups is 2. The number of nitrogen functional groups attached to an aromatic ring is 1. The molecule has 0 spiro atoms. The predicted molar refractivity (Wildman–Crippen MR) is 161 cm³/mol. The van der Waals surface area contributed by atoms with Crippen molar-refractivity contribution in [2.24, 2.45) is 5.73 Å². The summed E-state index contributed by atoms with van der Waals surface area (Å²) in [6.45, 7) is 0.464. The van der Waals surface area contributed by atoms with Crippen molar-refractivity contribution >= 4 is 28.6 Å². The Morgan fingerprint density at radius 2 is 1.84 bits per heavy atom. The number of rotatable bonds is 13. The topological polar surface area (TPSA) is 196 Å². The number of amides is 1. The molecule has 2 aromatic heterocycles. The number of methoxy groups -OCH3 is 1. The third kappa shape index (κ3) is 7.20. The first-order valence-corrected chi connectivity index (χ1v) is 14.3. The van der Waals surface area contributed by atoms with E-state index in [9.17, 15) is 15.0 Å². The second-order valence-corrected chi connectivity index (χ2v) is 10.6. The van der Waals surface area contributed by atoms with Crippen LogP contribution >= 0.6 is 0 Å². The van der Waals surface area contributed by atoms with Gasteiger partial charge in [-0.15, -0.1) is 0 Å². The van der Waals surface area contributed by atoms with Gasteiger partial charge in [0.2, 0.25) is 5.91 Å². The average molecular weight is 591 g/mol. The molecule has 4 aromatic rings. The molecule has 1 aliphatic rings. The van der Waals surface area contributed by atoms with Gasteiger partial charge in [-0.1, -0.05) is 30.3 Å². The summed E-state index contributed by atoms with van der Waals surface area (Å²) in [6, 6.07) is 16.4. The average Bonchev–Trinajstić information content (AvgIpc) is 3.57. The van der Waals surface area contributed by atoms with Crippen LogP contribution in [0.1, 0.15) is 31.1 Å². The Morgan fingerprint density at radius 1 is 1.07 bits per heavy atom. The minimum absolute atomic E-state index is 0.210. The number of carbonyl (C=O) groups is 1. The number of fused-ring (bicyclic) bond motifs is 1. The van der Waals surface area contributed by atoms with Crippen molar-refractivity contribution in [2.75, 3.05) is 24.7 Å². The maximum atomic E-state index is 12.7. The second-order valence-electron chi connectivity index (χ2n) is 10.6. The largest absolute Gasteiger partial charge is 0.497 e. The fourth-order valence-corrected chi connectivity index (χ4v) is 5.27. The van der Waals surface area contributed by atoms with E-state index in [4.69, 9.17) is 20.9 Å². The van der Waals surface area contributed by atoms with Crippen LogP contribution in [-0.4, -0.2) is 79.7 Å². The maximum absolute atomic E-state index is 12.7. The lowest BCUT2D eigenvalue weighted by Crippen LogP contribution is -2.42. The molecule has 6 atom stereocenters. The number of aliphatic hydroxyl groups excluding tert-OH is 2. The van der Waals surface area contributed by atoms with Crippen molar-refractivity contribution in [1.82, 2.24) is 24.8 Å². The first-order valence-electron chi connectivity index (χ1n) is 14.3. The molecule has 4 unspecified atom stereocenters. The van der Waals surface area contributed by atoms with E-state index >= 15 is 0 Å². The predicted octanol–water partition coefficient (Wildman–Crippen LogP) is 1.37. The molecule has 0 radical (unpaired) electrons. The summed E-state index contributed by atoms with van der Waals surface area (Å²) in [5, 5.41) is 28.3. The van der Waals surface area contributed by atoms with Gasteiger partial charge in [0.15, 0.2) is 17.7 Å². The van der Waals surface area contributed by atoms with E-state index in [2.05, 4.69) is 25.6 Å². The van der Waals surface area contributed by atoms with E-state index in [-0.39, 0.29) is 17.8 Å². The SMILES string of the molecule is COc1ccc(CCNC(=O)[C@@H](N)CC[C@@H](CC2OC(n3cnc4c(N)ncnc43)C(O)C2O)Nc2ccccc2)cc1. The molecule has 0 aliphatic carbocycles. The van der Waals surface area contributed by atoms with Crippen LogP contribution in [0.4, 0.5) is 11.5 Å². The lowest BCUT2D eigenvalue weighted by Gasteiger charge is -2.25. The summed E-state index contributed by atoms with van der Waals surface area (Å²) in [5.74, 6) is 0.762. The van der Waals surface area contributed by atoms with Gasteiger partial charge in [-0.25, -0.2) is 15.0 Å². The normalized spacial score (nSPS) is 21.4. The fraction of sp³-hybridized carbons (Fsp3) is 0.400. The fourth-order valence-electron chi connectivity index (χ4n) is 5.27. The zero-order chi connectivity index (χ0) is 30.3. The second kappa shape index (κ2) is 13.8. The lowest BCUT2D eigenvalue weighted by atomic mass is 9.97. The van der Waals surface area contributed by atoms with Crippen molar-refractivity contribution in [3.05, 3.63) is 72.8 Å². The molecule has 1 fully saturated rings. The molecule has 1 amide bonds. The molecule has 13 nitrogen and oxygen atoms in total. The number of benzene rings is 2. The first kappa shape index (κ1) is 30.2. The van der Waals surface area contributed by atoms with Crippen molar-refractivity contribution in [3.8, 4) is 5.75 Å². The molecule has 43 heavy (non-hydrogen) atoms. The molecule has 13 heteroatoms. The third-order valence-electron chi connectivity index (χ3n) is 7.69. The van der Waals surface area contributed by atoms with E-state index in [1.807, 2.05) is 54.6 Å². The molecule has 0 bridgehead atoms. The van der Waals surface area contributed by atoms with Crippen LogP contribution in [0.5, 0.6) is 5.75 Å². The first-order chi connectivity index (χ1) is 20.8. The summed E-state index contributed by atoms with van der Waals surface area (Å²) in [4.78, 5) is 25.2. The Labute approximate surface area is 249 Å². The number of hydrogen-bond acceptors (Lipinski definition) is 11. The summed E-state index contributed by atoms with van der Waals surface area (Å²) in [7, 11) is 1.62. The highest BCUT2D eigenvalue weighted by atomic mass is 16.6. The number of para-hydroxylation sites is 1. The number of aromatic nitrogens is 4. The lowest BCUT2D eigenvalue weighted by molar-refractivity contribution is -0.122. The van der Waals surface area contributed by atoms with Crippen LogP contribution in [0.15, 0.2) is 67.3 Å². The quantitative estimate of drug-likeness (QED) is 0.132. The van der Waals surface area contributed by atoms with E-state index in [1.165, 1.54) is 12.7 Å².